The van der Waals surface area contributed by atoms with Gasteiger partial charge in [0.25, 0.3) is 0 Å². The number of halogens is 3. The third-order valence-electron chi connectivity index (χ3n) is 3.23. The van der Waals surface area contributed by atoms with Gasteiger partial charge in [-0.1, -0.05) is 23.9 Å². The molecular weight excluding hydrogens is 349 g/mol. The van der Waals surface area contributed by atoms with Gasteiger partial charge in [-0.2, -0.15) is 4.98 Å². The largest absolute Gasteiger partial charge is 0.436 e. The molecule has 0 aliphatic heterocycles. The topological polar surface area (TPSA) is 35.0 Å². The Kier molecular flexibility index (Phi) is 5.23. The van der Waals surface area contributed by atoms with Gasteiger partial charge in [0.1, 0.15) is 11.6 Å². The summed E-state index contributed by atoms with van der Waals surface area (Å²) in [4.78, 5) is 8.41. The van der Waals surface area contributed by atoms with Gasteiger partial charge in [0, 0.05) is 23.1 Å². The van der Waals surface area contributed by atoms with E-state index in [0.717, 1.165) is 30.0 Å². The van der Waals surface area contributed by atoms with Crippen LogP contribution < -0.4 is 4.74 Å². The van der Waals surface area contributed by atoms with Gasteiger partial charge < -0.3 is 4.74 Å². The molecule has 3 nitrogen and oxygen atoms in total. The van der Waals surface area contributed by atoms with Crippen LogP contribution in [0.3, 0.4) is 0 Å². The van der Waals surface area contributed by atoms with Crippen LogP contribution in [0.5, 0.6) is 11.6 Å². The first kappa shape index (κ1) is 17.3. The Labute approximate surface area is 146 Å². The Morgan fingerprint density at radius 3 is 2.56 bits per heavy atom. The average Bonchev–Trinajstić information content (AvgIpc) is 2.57. The first-order valence-electron chi connectivity index (χ1n) is 7.36. The molecule has 0 aliphatic rings. The highest BCUT2D eigenvalue weighted by Gasteiger charge is 2.10. The molecule has 0 saturated heterocycles. The first-order chi connectivity index (χ1) is 12.0. The van der Waals surface area contributed by atoms with Crippen molar-refractivity contribution < 1.29 is 17.9 Å². The van der Waals surface area contributed by atoms with Crippen molar-refractivity contribution in [3.63, 3.8) is 0 Å². The quantitative estimate of drug-likeness (QED) is 0.456. The van der Waals surface area contributed by atoms with Crippen LogP contribution in [0, 0.1) is 24.4 Å². The molecule has 128 valence electrons. The smallest absolute Gasteiger partial charge is 0.223 e. The molecule has 0 radical (unpaired) electrons. The normalized spacial score (nSPS) is 10.7. The van der Waals surface area contributed by atoms with Gasteiger partial charge in [-0.15, -0.1) is 0 Å². The summed E-state index contributed by atoms with van der Waals surface area (Å²) in [5.74, 6) is -1.12. The van der Waals surface area contributed by atoms with E-state index < -0.39 is 17.5 Å². The van der Waals surface area contributed by atoms with Gasteiger partial charge in [0.2, 0.25) is 5.88 Å². The SMILES string of the molecule is Cc1cc(Oc2ccccc2F)nc(SCc2cc(F)ccc2F)n1. The summed E-state index contributed by atoms with van der Waals surface area (Å²) in [6.07, 6.45) is 0. The first-order valence-corrected chi connectivity index (χ1v) is 8.34. The maximum absolute atomic E-state index is 13.7. The zero-order valence-corrected chi connectivity index (χ0v) is 14.0. The third-order valence-corrected chi connectivity index (χ3v) is 4.12. The lowest BCUT2D eigenvalue weighted by atomic mass is 10.2. The van der Waals surface area contributed by atoms with Crippen LogP contribution in [-0.2, 0) is 5.75 Å². The minimum atomic E-state index is -0.509. The van der Waals surface area contributed by atoms with E-state index in [1.807, 2.05) is 0 Å². The van der Waals surface area contributed by atoms with Crippen molar-refractivity contribution in [2.45, 2.75) is 17.8 Å². The van der Waals surface area contributed by atoms with Crippen LogP contribution in [0.15, 0.2) is 53.7 Å². The van der Waals surface area contributed by atoms with E-state index in [0.29, 0.717) is 10.9 Å². The second-order valence-electron chi connectivity index (χ2n) is 5.19. The van der Waals surface area contributed by atoms with Crippen molar-refractivity contribution >= 4 is 11.8 Å². The molecule has 0 spiro atoms. The lowest BCUT2D eigenvalue weighted by Crippen LogP contribution is -1.97. The van der Waals surface area contributed by atoms with Gasteiger partial charge in [0.15, 0.2) is 16.7 Å². The number of rotatable bonds is 5. The third kappa shape index (κ3) is 4.51. The van der Waals surface area contributed by atoms with E-state index in [9.17, 15) is 13.2 Å². The Hall–Kier alpha value is -2.54. The Morgan fingerprint density at radius 1 is 0.960 bits per heavy atom. The van der Waals surface area contributed by atoms with Gasteiger partial charge in [-0.3, -0.25) is 0 Å². The molecular formula is C18H13F3N2OS. The second-order valence-corrected chi connectivity index (χ2v) is 6.13. The van der Waals surface area contributed by atoms with Gasteiger partial charge in [-0.05, 0) is 37.3 Å². The van der Waals surface area contributed by atoms with Crippen LogP contribution in [0.2, 0.25) is 0 Å². The summed E-state index contributed by atoms with van der Waals surface area (Å²) in [5.41, 5.74) is 0.829. The number of aryl methyl sites for hydroxylation is 1. The molecule has 0 aliphatic carbocycles. The summed E-state index contributed by atoms with van der Waals surface area (Å²) in [5, 5.41) is 0.329. The van der Waals surface area contributed by atoms with Gasteiger partial charge in [-0.25, -0.2) is 18.2 Å². The molecule has 0 atom stereocenters. The predicted octanol–water partition coefficient (Wildman–Crippen LogP) is 5.29. The molecule has 25 heavy (non-hydrogen) atoms. The fourth-order valence-electron chi connectivity index (χ4n) is 2.07. The second kappa shape index (κ2) is 7.57. The summed E-state index contributed by atoms with van der Waals surface area (Å²) in [6.45, 7) is 1.74. The molecule has 0 saturated carbocycles. The Bertz CT molecular complexity index is 905. The van der Waals surface area contributed by atoms with Crippen molar-refractivity contribution in [1.29, 1.82) is 0 Å². The van der Waals surface area contributed by atoms with Crippen LogP contribution >= 0.6 is 11.8 Å². The zero-order chi connectivity index (χ0) is 17.8. The number of nitrogens with zero attached hydrogens (tertiary/aromatic N) is 2. The monoisotopic (exact) mass is 362 g/mol. The Balaban J connectivity index is 1.77. The maximum atomic E-state index is 13.7. The number of hydrogen-bond acceptors (Lipinski definition) is 4. The van der Waals surface area contributed by atoms with Crippen molar-refractivity contribution in [3.05, 3.63) is 77.2 Å². The van der Waals surface area contributed by atoms with Crippen LogP contribution in [-0.4, -0.2) is 9.97 Å². The number of benzene rings is 2. The molecule has 0 unspecified atom stereocenters. The standard InChI is InChI=1S/C18H13F3N2OS/c1-11-8-17(24-16-5-3-2-4-15(16)21)23-18(22-11)25-10-12-9-13(19)6-7-14(12)20/h2-9H,10H2,1H3. The lowest BCUT2D eigenvalue weighted by molar-refractivity contribution is 0.421. The molecule has 0 bridgehead atoms. The summed E-state index contributed by atoms with van der Waals surface area (Å²) >= 11 is 1.14. The molecule has 7 heteroatoms. The predicted molar refractivity (Wildman–Crippen MR) is 89.2 cm³/mol. The van der Waals surface area contributed by atoms with Gasteiger partial charge in [0.05, 0.1) is 0 Å². The highest BCUT2D eigenvalue weighted by atomic mass is 32.2. The average molecular weight is 362 g/mol. The molecule has 2 aromatic carbocycles. The number of aromatic nitrogens is 2. The number of hydrogen-bond donors (Lipinski definition) is 0. The van der Waals surface area contributed by atoms with E-state index in [4.69, 9.17) is 4.74 Å². The minimum Gasteiger partial charge on any atom is -0.436 e. The van der Waals surface area contributed by atoms with Crippen LogP contribution in [0.4, 0.5) is 13.2 Å². The van der Waals surface area contributed by atoms with Crippen LogP contribution in [0.25, 0.3) is 0 Å². The highest BCUT2D eigenvalue weighted by molar-refractivity contribution is 7.98. The lowest BCUT2D eigenvalue weighted by Gasteiger charge is -2.08. The number of thioether (sulfide) groups is 1. The number of para-hydroxylation sites is 1. The number of ether oxygens (including phenoxy) is 1. The molecule has 3 rings (SSSR count). The summed E-state index contributed by atoms with van der Waals surface area (Å²) in [7, 11) is 0. The molecule has 0 N–H and O–H groups in total. The van der Waals surface area contributed by atoms with Crippen molar-refractivity contribution in [2.75, 3.05) is 0 Å². The van der Waals surface area contributed by atoms with E-state index in [-0.39, 0.29) is 22.9 Å². The molecule has 3 aromatic rings. The fraction of sp³-hybridized carbons (Fsp3) is 0.111. The van der Waals surface area contributed by atoms with Crippen molar-refractivity contribution in [2.24, 2.45) is 0 Å². The molecule has 0 fully saturated rings. The molecule has 1 aromatic heterocycles. The molecule has 1 heterocycles. The summed E-state index contributed by atoms with van der Waals surface area (Å²) in [6, 6.07) is 10.8. The van der Waals surface area contributed by atoms with Gasteiger partial charge >= 0.3 is 0 Å². The minimum absolute atomic E-state index is 0.0488. The van der Waals surface area contributed by atoms with Crippen molar-refractivity contribution in [1.82, 2.24) is 9.97 Å². The van der Waals surface area contributed by atoms with Crippen LogP contribution in [0.1, 0.15) is 11.3 Å². The van der Waals surface area contributed by atoms with E-state index in [1.54, 1.807) is 25.1 Å². The molecule has 0 amide bonds. The maximum Gasteiger partial charge on any atom is 0.223 e. The fourth-order valence-corrected chi connectivity index (χ4v) is 2.94. The van der Waals surface area contributed by atoms with E-state index >= 15 is 0 Å². The van der Waals surface area contributed by atoms with E-state index in [2.05, 4.69) is 9.97 Å². The zero-order valence-electron chi connectivity index (χ0n) is 13.2. The summed E-state index contributed by atoms with van der Waals surface area (Å²) < 4.78 is 46.0. The highest BCUT2D eigenvalue weighted by Crippen LogP contribution is 2.27. The Morgan fingerprint density at radius 2 is 1.76 bits per heavy atom. The van der Waals surface area contributed by atoms with Crippen molar-refractivity contribution in [3.8, 4) is 11.6 Å². The van der Waals surface area contributed by atoms with E-state index in [1.165, 1.54) is 12.1 Å².